The van der Waals surface area contributed by atoms with Crippen LogP contribution in [0.4, 0.5) is 5.00 Å². The Kier molecular flexibility index (Phi) is 5.03. The van der Waals surface area contributed by atoms with Crippen molar-refractivity contribution >= 4 is 34.1 Å². The molecule has 126 valence electrons. The molecule has 0 radical (unpaired) electrons. The Balaban J connectivity index is 2.26. The van der Waals surface area contributed by atoms with Crippen LogP contribution in [0.1, 0.15) is 34.6 Å². The van der Waals surface area contributed by atoms with Crippen LogP contribution >= 0.6 is 11.3 Å². The average Bonchev–Trinajstić information content (AvgIpc) is 2.80. The van der Waals surface area contributed by atoms with Crippen LogP contribution in [0, 0.1) is 0 Å². The molecular weight excluding hydrogens is 324 g/mol. The second-order valence-electron chi connectivity index (χ2n) is 5.65. The lowest BCUT2D eigenvalue weighted by atomic mass is 9.93. The number of amides is 2. The number of aliphatic hydroxyl groups is 1. The zero-order valence-electron chi connectivity index (χ0n) is 12.7. The first-order valence-electron chi connectivity index (χ1n) is 6.95. The van der Waals surface area contributed by atoms with E-state index in [0.717, 1.165) is 11.3 Å². The summed E-state index contributed by atoms with van der Waals surface area (Å²) in [5, 5.41) is 24.6. The molecule has 0 saturated heterocycles. The lowest BCUT2D eigenvalue weighted by molar-refractivity contribution is -0.255. The van der Waals surface area contributed by atoms with Gasteiger partial charge in [-0.3, -0.25) is 9.59 Å². The zero-order chi connectivity index (χ0) is 17.2. The van der Waals surface area contributed by atoms with Gasteiger partial charge in [-0.15, -0.1) is 11.3 Å². The number of hydrogen-bond donors (Lipinski definition) is 3. The molecular formula is C14H17N2O6S-. The first kappa shape index (κ1) is 17.4. The summed E-state index contributed by atoms with van der Waals surface area (Å²) < 4.78 is 5.62. The second kappa shape index (κ2) is 6.65. The SMILES string of the molecule is CC1(C)Cc2c(sc(NC(=O)C(=O)NCCO)c2C(=O)[O-])CO1. The summed E-state index contributed by atoms with van der Waals surface area (Å²) in [6, 6.07) is 0. The molecule has 8 nitrogen and oxygen atoms in total. The van der Waals surface area contributed by atoms with E-state index in [1.165, 1.54) is 0 Å². The van der Waals surface area contributed by atoms with Crippen LogP contribution in [0.3, 0.4) is 0 Å². The normalized spacial score (nSPS) is 15.6. The van der Waals surface area contributed by atoms with Gasteiger partial charge in [-0.25, -0.2) is 0 Å². The van der Waals surface area contributed by atoms with Gasteiger partial charge < -0.3 is 30.4 Å². The van der Waals surface area contributed by atoms with Gasteiger partial charge in [0.2, 0.25) is 0 Å². The Morgan fingerprint density at radius 3 is 2.65 bits per heavy atom. The molecule has 23 heavy (non-hydrogen) atoms. The minimum absolute atomic E-state index is 0.0560. The Morgan fingerprint density at radius 1 is 1.35 bits per heavy atom. The molecule has 9 heteroatoms. The fourth-order valence-corrected chi connectivity index (χ4v) is 3.38. The molecule has 2 amide bonds. The molecule has 1 aromatic rings. The van der Waals surface area contributed by atoms with E-state index < -0.39 is 23.4 Å². The summed E-state index contributed by atoms with van der Waals surface area (Å²) in [4.78, 5) is 35.5. The van der Waals surface area contributed by atoms with Crippen molar-refractivity contribution in [3.8, 4) is 0 Å². The van der Waals surface area contributed by atoms with E-state index >= 15 is 0 Å². The predicted octanol–water partition coefficient (Wildman–Crippen LogP) is -0.990. The Bertz CT molecular complexity index is 652. The first-order chi connectivity index (χ1) is 10.7. The molecule has 0 aliphatic carbocycles. The number of nitrogens with one attached hydrogen (secondary N) is 2. The lowest BCUT2D eigenvalue weighted by Crippen LogP contribution is -2.37. The Morgan fingerprint density at radius 2 is 2.04 bits per heavy atom. The van der Waals surface area contributed by atoms with Crippen molar-refractivity contribution in [3.63, 3.8) is 0 Å². The number of hydrogen-bond acceptors (Lipinski definition) is 7. The highest BCUT2D eigenvalue weighted by Gasteiger charge is 2.32. The van der Waals surface area contributed by atoms with E-state index in [1.807, 2.05) is 13.8 Å². The van der Waals surface area contributed by atoms with Crippen LogP contribution < -0.4 is 15.7 Å². The molecule has 0 spiro atoms. The maximum absolute atomic E-state index is 11.8. The van der Waals surface area contributed by atoms with Gasteiger partial charge in [0.25, 0.3) is 0 Å². The van der Waals surface area contributed by atoms with E-state index in [-0.39, 0.29) is 30.3 Å². The quantitative estimate of drug-likeness (QED) is 0.603. The van der Waals surface area contributed by atoms with Crippen molar-refractivity contribution < 1.29 is 29.3 Å². The number of fused-ring (bicyclic) bond motifs is 1. The number of aromatic carboxylic acids is 1. The monoisotopic (exact) mass is 341 g/mol. The first-order valence-corrected chi connectivity index (χ1v) is 7.76. The smallest absolute Gasteiger partial charge is 0.314 e. The molecule has 1 aliphatic heterocycles. The Labute approximate surface area is 136 Å². The minimum atomic E-state index is -1.41. The third-order valence-electron chi connectivity index (χ3n) is 3.32. The van der Waals surface area contributed by atoms with Crippen LogP contribution in [0.2, 0.25) is 0 Å². The lowest BCUT2D eigenvalue weighted by Gasteiger charge is -2.30. The number of aliphatic hydroxyl groups excluding tert-OH is 1. The summed E-state index contributed by atoms with van der Waals surface area (Å²) in [5.41, 5.74) is -0.0556. The van der Waals surface area contributed by atoms with Gasteiger partial charge in [0, 0.05) is 23.4 Å². The number of rotatable bonds is 4. The molecule has 1 aromatic heterocycles. The summed E-state index contributed by atoms with van der Waals surface area (Å²) in [6.45, 7) is 3.55. The summed E-state index contributed by atoms with van der Waals surface area (Å²) in [5.74, 6) is -3.36. The number of carboxylic acids is 1. The van der Waals surface area contributed by atoms with Crippen molar-refractivity contribution in [2.75, 3.05) is 18.5 Å². The molecule has 2 rings (SSSR count). The zero-order valence-corrected chi connectivity index (χ0v) is 13.5. The van der Waals surface area contributed by atoms with Crippen LogP contribution in [0.5, 0.6) is 0 Å². The topological polar surface area (TPSA) is 128 Å². The van der Waals surface area contributed by atoms with Crippen LogP contribution in [0.25, 0.3) is 0 Å². The highest BCUT2D eigenvalue weighted by atomic mass is 32.1. The van der Waals surface area contributed by atoms with Gasteiger partial charge in [0.15, 0.2) is 0 Å². The Hall–Kier alpha value is -1.97. The van der Waals surface area contributed by atoms with E-state index in [1.54, 1.807) is 0 Å². The average molecular weight is 341 g/mol. The van der Waals surface area contributed by atoms with Crippen LogP contribution in [-0.2, 0) is 27.4 Å². The maximum Gasteiger partial charge on any atom is 0.314 e. The number of thiophene rings is 1. The summed E-state index contributed by atoms with van der Waals surface area (Å²) >= 11 is 1.05. The van der Waals surface area contributed by atoms with E-state index in [4.69, 9.17) is 9.84 Å². The minimum Gasteiger partial charge on any atom is -0.545 e. The van der Waals surface area contributed by atoms with Crippen molar-refractivity contribution in [1.82, 2.24) is 5.32 Å². The molecule has 2 heterocycles. The largest absolute Gasteiger partial charge is 0.545 e. The molecule has 0 bridgehead atoms. The number of carboxylic acid groups (broad SMARTS) is 1. The molecule has 0 atom stereocenters. The number of ether oxygens (including phenoxy) is 1. The van der Waals surface area contributed by atoms with Gasteiger partial charge in [-0.1, -0.05) is 0 Å². The van der Waals surface area contributed by atoms with Gasteiger partial charge in [-0.2, -0.15) is 0 Å². The van der Waals surface area contributed by atoms with Gasteiger partial charge in [-0.05, 0) is 19.4 Å². The van der Waals surface area contributed by atoms with Crippen LogP contribution in [-0.4, -0.2) is 41.6 Å². The van der Waals surface area contributed by atoms with Crippen molar-refractivity contribution in [1.29, 1.82) is 0 Å². The molecule has 1 aliphatic rings. The summed E-state index contributed by atoms with van der Waals surface area (Å²) in [7, 11) is 0. The highest BCUT2D eigenvalue weighted by Crippen LogP contribution is 2.40. The standard InChI is InChI=1S/C14H18N2O6S/c1-14(2)5-7-8(6-22-14)23-12(9(7)13(20)21)16-11(19)10(18)15-3-4-17/h17H,3-6H2,1-2H3,(H,15,18)(H,16,19)(H,20,21)/p-1. The third kappa shape index (κ3) is 3.87. The number of anilines is 1. The van der Waals surface area contributed by atoms with Crippen molar-refractivity contribution in [2.24, 2.45) is 0 Å². The molecule has 0 fully saturated rings. The predicted molar refractivity (Wildman–Crippen MR) is 79.9 cm³/mol. The molecule has 0 unspecified atom stereocenters. The summed E-state index contributed by atoms with van der Waals surface area (Å²) in [6.07, 6.45) is 0.370. The number of carbonyl (C=O) groups is 3. The molecule has 0 saturated carbocycles. The molecule has 3 N–H and O–H groups in total. The third-order valence-corrected chi connectivity index (χ3v) is 4.44. The van der Waals surface area contributed by atoms with Crippen molar-refractivity contribution in [2.45, 2.75) is 32.5 Å². The fourth-order valence-electron chi connectivity index (χ4n) is 2.27. The number of carbonyl (C=O) groups excluding carboxylic acids is 3. The van der Waals surface area contributed by atoms with E-state index in [0.29, 0.717) is 16.9 Å². The van der Waals surface area contributed by atoms with Crippen molar-refractivity contribution in [3.05, 3.63) is 16.0 Å². The van der Waals surface area contributed by atoms with Gasteiger partial charge in [0.1, 0.15) is 5.00 Å². The fraction of sp³-hybridized carbons (Fsp3) is 0.500. The van der Waals surface area contributed by atoms with Gasteiger partial charge in [0.05, 0.1) is 24.8 Å². The van der Waals surface area contributed by atoms with Gasteiger partial charge >= 0.3 is 11.8 Å². The van der Waals surface area contributed by atoms with Crippen LogP contribution in [0.15, 0.2) is 0 Å². The van der Waals surface area contributed by atoms with E-state index in [9.17, 15) is 19.5 Å². The highest BCUT2D eigenvalue weighted by molar-refractivity contribution is 7.17. The molecule has 0 aromatic carbocycles. The second-order valence-corrected chi connectivity index (χ2v) is 6.76. The maximum atomic E-state index is 11.8. The van der Waals surface area contributed by atoms with E-state index in [2.05, 4.69) is 10.6 Å².